The quantitative estimate of drug-likeness (QED) is 0.515. The van der Waals surface area contributed by atoms with E-state index < -0.39 is 0 Å². The highest BCUT2D eigenvalue weighted by molar-refractivity contribution is 9.10. The predicted octanol–water partition coefficient (Wildman–Crippen LogP) is 0.494. The number of hydrogen-bond donors (Lipinski definition) is 0. The number of rotatable bonds is 1. The standard InChI is InChI=1S/C8H8BBrO2/c1-12-8(11)5-2-6(9)4-7(10)3-5/h2-4H,9H2,1H3. The molecule has 0 aliphatic rings. The van der Waals surface area contributed by atoms with Gasteiger partial charge in [-0.1, -0.05) is 33.5 Å². The topological polar surface area (TPSA) is 26.3 Å². The van der Waals surface area contributed by atoms with Crippen molar-refractivity contribution in [3.8, 4) is 0 Å². The van der Waals surface area contributed by atoms with E-state index in [4.69, 9.17) is 0 Å². The average Bonchev–Trinajstić information content (AvgIpc) is 2.01. The number of benzene rings is 1. The highest BCUT2D eigenvalue weighted by Gasteiger charge is 2.05. The molecule has 0 aliphatic carbocycles. The maximum absolute atomic E-state index is 11.1. The van der Waals surface area contributed by atoms with Gasteiger partial charge in [0.15, 0.2) is 0 Å². The average molecular weight is 227 g/mol. The maximum atomic E-state index is 11.1. The first kappa shape index (κ1) is 9.32. The van der Waals surface area contributed by atoms with Crippen LogP contribution in [0.2, 0.25) is 0 Å². The second-order valence-corrected chi connectivity index (χ2v) is 3.42. The molecule has 0 atom stereocenters. The Balaban J connectivity index is 3.08. The Morgan fingerprint density at radius 1 is 1.50 bits per heavy atom. The van der Waals surface area contributed by atoms with Gasteiger partial charge in [0.2, 0.25) is 0 Å². The third kappa shape index (κ3) is 2.11. The van der Waals surface area contributed by atoms with E-state index in [0.717, 1.165) is 9.94 Å². The summed E-state index contributed by atoms with van der Waals surface area (Å²) >= 11 is 3.30. The molecule has 0 spiro atoms. The molecule has 0 aromatic heterocycles. The van der Waals surface area contributed by atoms with Crippen LogP contribution >= 0.6 is 15.9 Å². The van der Waals surface area contributed by atoms with E-state index in [0.29, 0.717) is 5.56 Å². The summed E-state index contributed by atoms with van der Waals surface area (Å²) in [5.74, 6) is -0.306. The van der Waals surface area contributed by atoms with Crippen molar-refractivity contribution in [1.29, 1.82) is 0 Å². The molecule has 62 valence electrons. The van der Waals surface area contributed by atoms with Crippen LogP contribution in [0.15, 0.2) is 22.7 Å². The summed E-state index contributed by atoms with van der Waals surface area (Å²) in [5, 5.41) is 0. The van der Waals surface area contributed by atoms with Crippen molar-refractivity contribution >= 4 is 35.2 Å². The Bertz CT molecular complexity index is 292. The molecule has 0 unspecified atom stereocenters. The van der Waals surface area contributed by atoms with Crippen LogP contribution in [0.4, 0.5) is 0 Å². The zero-order valence-corrected chi connectivity index (χ0v) is 8.51. The summed E-state index contributed by atoms with van der Waals surface area (Å²) in [6, 6.07) is 5.46. The van der Waals surface area contributed by atoms with Crippen LogP contribution in [0.3, 0.4) is 0 Å². The molecule has 1 rings (SSSR count). The first-order chi connectivity index (χ1) is 5.63. The smallest absolute Gasteiger partial charge is 0.337 e. The minimum Gasteiger partial charge on any atom is -0.465 e. The molecular weight excluding hydrogens is 219 g/mol. The van der Waals surface area contributed by atoms with Crippen molar-refractivity contribution < 1.29 is 9.53 Å². The molecule has 0 bridgehead atoms. The van der Waals surface area contributed by atoms with Gasteiger partial charge in [-0.25, -0.2) is 4.79 Å². The van der Waals surface area contributed by atoms with E-state index >= 15 is 0 Å². The fraction of sp³-hybridized carbons (Fsp3) is 0.125. The van der Waals surface area contributed by atoms with E-state index in [9.17, 15) is 4.79 Å². The van der Waals surface area contributed by atoms with Crippen LogP contribution < -0.4 is 5.46 Å². The first-order valence-electron chi connectivity index (χ1n) is 3.49. The molecular formula is C8H8BBrO2. The normalized spacial score (nSPS) is 9.50. The number of halogens is 1. The molecule has 0 saturated heterocycles. The molecule has 0 fully saturated rings. The summed E-state index contributed by atoms with van der Waals surface area (Å²) in [6.07, 6.45) is 0. The van der Waals surface area contributed by atoms with E-state index in [1.54, 1.807) is 12.1 Å². The van der Waals surface area contributed by atoms with Gasteiger partial charge < -0.3 is 4.74 Å². The lowest BCUT2D eigenvalue weighted by Gasteiger charge is -2.01. The fourth-order valence-electron chi connectivity index (χ4n) is 0.972. The summed E-state index contributed by atoms with van der Waals surface area (Å²) in [7, 11) is 3.30. The lowest BCUT2D eigenvalue weighted by Crippen LogP contribution is -2.08. The SMILES string of the molecule is Bc1cc(Br)cc(C(=O)OC)c1. The minimum absolute atomic E-state index is 0.306. The molecule has 1 aromatic rings. The molecule has 0 saturated carbocycles. The summed E-state index contributed by atoms with van der Waals surface area (Å²) < 4.78 is 5.48. The number of methoxy groups -OCH3 is 1. The number of ether oxygens (including phenoxy) is 1. The molecule has 0 N–H and O–H groups in total. The van der Waals surface area contributed by atoms with Crippen LogP contribution in [0, 0.1) is 0 Å². The number of esters is 1. The molecule has 2 nitrogen and oxygen atoms in total. The van der Waals surface area contributed by atoms with Crippen molar-refractivity contribution in [1.82, 2.24) is 0 Å². The summed E-state index contributed by atoms with van der Waals surface area (Å²) in [6.45, 7) is 0. The van der Waals surface area contributed by atoms with Crippen molar-refractivity contribution in [3.05, 3.63) is 28.2 Å². The first-order valence-corrected chi connectivity index (χ1v) is 4.28. The van der Waals surface area contributed by atoms with Gasteiger partial charge in [-0.05, 0) is 6.07 Å². The zero-order chi connectivity index (χ0) is 9.14. The van der Waals surface area contributed by atoms with E-state index in [-0.39, 0.29) is 5.97 Å². The molecule has 12 heavy (non-hydrogen) atoms. The Hall–Kier alpha value is -0.765. The maximum Gasteiger partial charge on any atom is 0.337 e. The number of hydrogen-bond acceptors (Lipinski definition) is 2. The van der Waals surface area contributed by atoms with Crippen molar-refractivity contribution in [2.75, 3.05) is 7.11 Å². The van der Waals surface area contributed by atoms with E-state index in [1.165, 1.54) is 7.11 Å². The fourth-order valence-corrected chi connectivity index (χ4v) is 1.58. The molecule has 0 amide bonds. The third-order valence-corrected chi connectivity index (χ3v) is 1.92. The van der Waals surface area contributed by atoms with Gasteiger partial charge in [-0.3, -0.25) is 0 Å². The van der Waals surface area contributed by atoms with Crippen LogP contribution in [0.5, 0.6) is 0 Å². The molecule has 0 aliphatic heterocycles. The zero-order valence-electron chi connectivity index (χ0n) is 6.93. The van der Waals surface area contributed by atoms with Crippen LogP contribution in [-0.2, 0) is 4.74 Å². The Morgan fingerprint density at radius 2 is 2.17 bits per heavy atom. The van der Waals surface area contributed by atoms with Gasteiger partial charge in [0, 0.05) is 4.47 Å². The summed E-state index contributed by atoms with van der Waals surface area (Å²) in [5.41, 5.74) is 1.61. The van der Waals surface area contributed by atoms with Gasteiger partial charge >= 0.3 is 5.97 Å². The van der Waals surface area contributed by atoms with Gasteiger partial charge in [-0.2, -0.15) is 0 Å². The Morgan fingerprint density at radius 3 is 2.67 bits per heavy atom. The second kappa shape index (κ2) is 3.76. The highest BCUT2D eigenvalue weighted by Crippen LogP contribution is 2.10. The number of carbonyl (C=O) groups is 1. The lowest BCUT2D eigenvalue weighted by atomic mass is 9.94. The lowest BCUT2D eigenvalue weighted by molar-refractivity contribution is 0.0601. The van der Waals surface area contributed by atoms with E-state index in [1.807, 2.05) is 13.9 Å². The van der Waals surface area contributed by atoms with Gasteiger partial charge in [0.1, 0.15) is 7.85 Å². The minimum atomic E-state index is -0.306. The third-order valence-electron chi connectivity index (χ3n) is 1.46. The molecule has 0 radical (unpaired) electrons. The van der Waals surface area contributed by atoms with Gasteiger partial charge in [0.05, 0.1) is 12.7 Å². The molecule has 1 aromatic carbocycles. The van der Waals surface area contributed by atoms with Crippen LogP contribution in [-0.4, -0.2) is 20.9 Å². The molecule has 0 heterocycles. The number of carbonyl (C=O) groups excluding carboxylic acids is 1. The van der Waals surface area contributed by atoms with E-state index in [2.05, 4.69) is 20.7 Å². The van der Waals surface area contributed by atoms with Gasteiger partial charge in [-0.15, -0.1) is 0 Å². The Labute approximate surface area is 80.5 Å². The van der Waals surface area contributed by atoms with Crippen molar-refractivity contribution in [3.63, 3.8) is 0 Å². The Kier molecular flexibility index (Phi) is 2.92. The monoisotopic (exact) mass is 226 g/mol. The second-order valence-electron chi connectivity index (χ2n) is 2.51. The van der Waals surface area contributed by atoms with Crippen LogP contribution in [0.25, 0.3) is 0 Å². The predicted molar refractivity (Wildman–Crippen MR) is 53.7 cm³/mol. The van der Waals surface area contributed by atoms with Crippen molar-refractivity contribution in [2.24, 2.45) is 0 Å². The van der Waals surface area contributed by atoms with Crippen molar-refractivity contribution in [2.45, 2.75) is 0 Å². The summed E-state index contributed by atoms with van der Waals surface area (Å²) in [4.78, 5) is 11.1. The molecule has 4 heteroatoms. The van der Waals surface area contributed by atoms with Gasteiger partial charge in [0.25, 0.3) is 0 Å². The largest absolute Gasteiger partial charge is 0.465 e. The highest BCUT2D eigenvalue weighted by atomic mass is 79.9. The van der Waals surface area contributed by atoms with Crippen LogP contribution in [0.1, 0.15) is 10.4 Å².